The van der Waals surface area contributed by atoms with Crippen LogP contribution in [0.3, 0.4) is 0 Å². The molecule has 1 aromatic rings. The number of halogens is 2. The number of nitriles is 1. The maximum atomic E-state index is 8.42. The molecule has 0 N–H and O–H groups in total. The van der Waals surface area contributed by atoms with Gasteiger partial charge in [-0.2, -0.15) is 5.26 Å². The van der Waals surface area contributed by atoms with Crippen LogP contribution in [0, 0.1) is 14.9 Å². The lowest BCUT2D eigenvalue weighted by atomic mass is 10.1. The van der Waals surface area contributed by atoms with E-state index in [9.17, 15) is 0 Å². The van der Waals surface area contributed by atoms with Crippen molar-refractivity contribution >= 4 is 38.5 Å². The summed E-state index contributed by atoms with van der Waals surface area (Å²) in [4.78, 5) is 0. The Morgan fingerprint density at radius 2 is 2.25 bits per heavy atom. The van der Waals surface area contributed by atoms with Crippen molar-refractivity contribution in [2.24, 2.45) is 0 Å². The molecule has 0 aliphatic heterocycles. The molecular weight excluding hydrogens is 329 g/mol. The van der Waals surface area contributed by atoms with E-state index in [0.29, 0.717) is 6.42 Å². The Balaban J connectivity index is 2.86. The Kier molecular flexibility index (Phi) is 4.02. The van der Waals surface area contributed by atoms with Gasteiger partial charge in [0.1, 0.15) is 0 Å². The summed E-state index contributed by atoms with van der Waals surface area (Å²) in [5.41, 5.74) is 1.24. The molecule has 0 bridgehead atoms. The van der Waals surface area contributed by atoms with Gasteiger partial charge in [-0.05, 0) is 56.6 Å². The molecule has 0 aliphatic carbocycles. The molecule has 12 heavy (non-hydrogen) atoms. The summed E-state index contributed by atoms with van der Waals surface area (Å²) in [6.45, 7) is 0. The van der Waals surface area contributed by atoms with Crippen LogP contribution in [0.15, 0.2) is 22.7 Å². The number of hydrogen-bond acceptors (Lipinski definition) is 1. The molecule has 0 aromatic heterocycles. The largest absolute Gasteiger partial charge is 0.198 e. The molecule has 0 saturated carbocycles. The molecule has 0 spiro atoms. The van der Waals surface area contributed by atoms with E-state index in [1.165, 1.54) is 9.13 Å². The highest BCUT2D eigenvalue weighted by Crippen LogP contribution is 2.23. The van der Waals surface area contributed by atoms with E-state index in [1.807, 2.05) is 12.1 Å². The molecule has 0 fully saturated rings. The first-order valence-electron chi connectivity index (χ1n) is 3.55. The van der Waals surface area contributed by atoms with Gasteiger partial charge in [0.2, 0.25) is 0 Å². The van der Waals surface area contributed by atoms with Crippen molar-refractivity contribution in [3.63, 3.8) is 0 Å². The van der Waals surface area contributed by atoms with Crippen LogP contribution < -0.4 is 0 Å². The molecular formula is C9H7BrIN. The van der Waals surface area contributed by atoms with Gasteiger partial charge in [-0.3, -0.25) is 0 Å². The monoisotopic (exact) mass is 335 g/mol. The van der Waals surface area contributed by atoms with Crippen molar-refractivity contribution < 1.29 is 0 Å². The van der Waals surface area contributed by atoms with E-state index in [4.69, 9.17) is 5.26 Å². The number of aryl methyl sites for hydroxylation is 1. The van der Waals surface area contributed by atoms with Gasteiger partial charge in [-0.25, -0.2) is 0 Å². The van der Waals surface area contributed by atoms with Crippen LogP contribution in [-0.4, -0.2) is 0 Å². The fourth-order valence-electron chi connectivity index (χ4n) is 0.932. The van der Waals surface area contributed by atoms with Gasteiger partial charge in [0, 0.05) is 14.5 Å². The van der Waals surface area contributed by atoms with Gasteiger partial charge in [-0.1, -0.05) is 12.1 Å². The van der Waals surface area contributed by atoms with Crippen LogP contribution in [-0.2, 0) is 6.42 Å². The van der Waals surface area contributed by atoms with E-state index >= 15 is 0 Å². The second kappa shape index (κ2) is 4.83. The van der Waals surface area contributed by atoms with Crippen LogP contribution in [0.5, 0.6) is 0 Å². The molecule has 1 nitrogen and oxygen atoms in total. The zero-order chi connectivity index (χ0) is 8.97. The highest BCUT2D eigenvalue weighted by molar-refractivity contribution is 14.1. The standard InChI is InChI=1S/C9H7BrIN/c10-8-5-1-3-7(9(8)11)4-2-6-12/h1,3,5H,2,4H2. The molecule has 62 valence electrons. The molecule has 1 aromatic carbocycles. The van der Waals surface area contributed by atoms with Crippen molar-refractivity contribution in [1.29, 1.82) is 5.26 Å². The molecule has 0 amide bonds. The first-order valence-corrected chi connectivity index (χ1v) is 5.42. The zero-order valence-electron chi connectivity index (χ0n) is 6.35. The van der Waals surface area contributed by atoms with Crippen LogP contribution in [0.2, 0.25) is 0 Å². The lowest BCUT2D eigenvalue weighted by Gasteiger charge is -2.02. The number of rotatable bonds is 2. The van der Waals surface area contributed by atoms with Crippen molar-refractivity contribution in [3.8, 4) is 6.07 Å². The molecule has 0 unspecified atom stereocenters. The summed E-state index contributed by atoms with van der Waals surface area (Å²) in [5, 5.41) is 8.42. The van der Waals surface area contributed by atoms with E-state index in [0.717, 1.165) is 10.9 Å². The molecule has 0 heterocycles. The number of nitrogens with zero attached hydrogens (tertiary/aromatic N) is 1. The van der Waals surface area contributed by atoms with Gasteiger partial charge in [0.15, 0.2) is 0 Å². The van der Waals surface area contributed by atoms with Crippen molar-refractivity contribution in [1.82, 2.24) is 0 Å². The summed E-state index contributed by atoms with van der Waals surface area (Å²) in [7, 11) is 0. The minimum Gasteiger partial charge on any atom is -0.198 e. The van der Waals surface area contributed by atoms with E-state index in [2.05, 4.69) is 50.7 Å². The smallest absolute Gasteiger partial charge is 0.0625 e. The third-order valence-electron chi connectivity index (χ3n) is 1.54. The minimum absolute atomic E-state index is 0.590. The molecule has 0 radical (unpaired) electrons. The first kappa shape index (κ1) is 10.0. The fraction of sp³-hybridized carbons (Fsp3) is 0.222. The first-order chi connectivity index (χ1) is 5.75. The molecule has 0 aliphatic rings. The topological polar surface area (TPSA) is 23.8 Å². The molecule has 0 atom stereocenters. The third kappa shape index (κ3) is 2.46. The van der Waals surface area contributed by atoms with E-state index < -0.39 is 0 Å². The van der Waals surface area contributed by atoms with Crippen molar-refractivity contribution in [2.75, 3.05) is 0 Å². The Morgan fingerprint density at radius 3 is 2.92 bits per heavy atom. The highest BCUT2D eigenvalue weighted by atomic mass is 127. The lowest BCUT2D eigenvalue weighted by Crippen LogP contribution is -1.88. The summed E-state index contributed by atoms with van der Waals surface area (Å²) in [6.07, 6.45) is 1.43. The Labute approximate surface area is 94.0 Å². The van der Waals surface area contributed by atoms with Crippen molar-refractivity contribution in [2.45, 2.75) is 12.8 Å². The average Bonchev–Trinajstić information content (AvgIpc) is 2.08. The van der Waals surface area contributed by atoms with E-state index in [-0.39, 0.29) is 0 Å². The summed E-state index contributed by atoms with van der Waals surface area (Å²) in [5.74, 6) is 0. The predicted molar refractivity (Wildman–Crippen MR) is 60.8 cm³/mol. The Bertz CT molecular complexity index is 317. The molecule has 0 saturated heterocycles. The van der Waals surface area contributed by atoms with Crippen LogP contribution in [0.25, 0.3) is 0 Å². The highest BCUT2D eigenvalue weighted by Gasteiger charge is 2.01. The third-order valence-corrected chi connectivity index (χ3v) is 4.21. The van der Waals surface area contributed by atoms with Gasteiger partial charge in [-0.15, -0.1) is 0 Å². The van der Waals surface area contributed by atoms with Gasteiger partial charge < -0.3 is 0 Å². The maximum absolute atomic E-state index is 8.42. The second-order valence-electron chi connectivity index (χ2n) is 2.37. The summed E-state index contributed by atoms with van der Waals surface area (Å²) >= 11 is 5.74. The summed E-state index contributed by atoms with van der Waals surface area (Å²) < 4.78 is 2.32. The van der Waals surface area contributed by atoms with Gasteiger partial charge >= 0.3 is 0 Å². The number of benzene rings is 1. The van der Waals surface area contributed by atoms with Crippen LogP contribution in [0.1, 0.15) is 12.0 Å². The van der Waals surface area contributed by atoms with E-state index in [1.54, 1.807) is 0 Å². The lowest BCUT2D eigenvalue weighted by molar-refractivity contribution is 1.00. The normalized spacial score (nSPS) is 9.42. The van der Waals surface area contributed by atoms with Crippen molar-refractivity contribution in [3.05, 3.63) is 31.8 Å². The second-order valence-corrected chi connectivity index (χ2v) is 4.30. The molecule has 3 heteroatoms. The molecule has 1 rings (SSSR count). The SMILES string of the molecule is N#CCCc1cccc(Br)c1I. The van der Waals surface area contributed by atoms with Crippen LogP contribution >= 0.6 is 38.5 Å². The minimum atomic E-state index is 0.590. The van der Waals surface area contributed by atoms with Crippen LogP contribution in [0.4, 0.5) is 0 Å². The van der Waals surface area contributed by atoms with Gasteiger partial charge in [0.25, 0.3) is 0 Å². The zero-order valence-corrected chi connectivity index (χ0v) is 10.1. The maximum Gasteiger partial charge on any atom is 0.0625 e. The fourth-order valence-corrected chi connectivity index (χ4v) is 1.97. The Morgan fingerprint density at radius 1 is 1.50 bits per heavy atom. The number of hydrogen-bond donors (Lipinski definition) is 0. The quantitative estimate of drug-likeness (QED) is 0.759. The Hall–Kier alpha value is -0.0800. The predicted octanol–water partition coefficient (Wildman–Crippen LogP) is 3.51. The average molecular weight is 336 g/mol. The summed E-state index contributed by atoms with van der Waals surface area (Å²) in [6, 6.07) is 8.21. The van der Waals surface area contributed by atoms with Gasteiger partial charge in [0.05, 0.1) is 6.07 Å².